The van der Waals surface area contributed by atoms with Crippen molar-refractivity contribution in [1.29, 1.82) is 0 Å². The fourth-order valence-electron chi connectivity index (χ4n) is 2.77. The van der Waals surface area contributed by atoms with Crippen molar-refractivity contribution < 1.29 is 29.0 Å². The lowest BCUT2D eigenvalue weighted by Gasteiger charge is -2.25. The van der Waals surface area contributed by atoms with Gasteiger partial charge < -0.3 is 14.6 Å². The topological polar surface area (TPSA) is 105 Å². The van der Waals surface area contributed by atoms with Gasteiger partial charge in [0.2, 0.25) is 0 Å². The number of thiocarbonyl (C=S) groups is 1. The Bertz CT molecular complexity index is 1110. The Hall–Kier alpha value is -3.24. The third-order valence-corrected chi connectivity index (χ3v) is 5.42. The minimum atomic E-state index is -1.00. The number of rotatable bonds is 6. The van der Waals surface area contributed by atoms with Crippen LogP contribution in [0.5, 0.6) is 11.5 Å². The maximum atomic E-state index is 12.4. The molecule has 1 heterocycles. The molecule has 1 aliphatic heterocycles. The number of nitrogens with zero attached hydrogens (tertiary/aromatic N) is 1. The van der Waals surface area contributed by atoms with E-state index in [1.54, 1.807) is 24.3 Å². The SMILES string of the molecule is COc1cc(/C=C2\C(=O)NC(=S)N(C)C2=O)cc(Br)c1OCc1ccc(C(=O)O)cc1. The minimum absolute atomic E-state index is 0.0473. The molecule has 10 heteroatoms. The van der Waals surface area contributed by atoms with E-state index in [2.05, 4.69) is 21.2 Å². The normalized spacial score (nSPS) is 15.1. The summed E-state index contributed by atoms with van der Waals surface area (Å²) in [6.45, 7) is 0.179. The molecule has 1 saturated heterocycles. The molecule has 2 aromatic rings. The Morgan fingerprint density at radius 2 is 1.94 bits per heavy atom. The second-order valence-corrected chi connectivity index (χ2v) is 7.75. The Balaban J connectivity index is 1.85. The van der Waals surface area contributed by atoms with Gasteiger partial charge in [-0.25, -0.2) is 4.79 Å². The van der Waals surface area contributed by atoms with E-state index in [-0.39, 0.29) is 22.9 Å². The lowest BCUT2D eigenvalue weighted by atomic mass is 10.1. The number of carbonyl (C=O) groups is 3. The summed E-state index contributed by atoms with van der Waals surface area (Å²) in [5.41, 5.74) is 1.44. The van der Waals surface area contributed by atoms with Crippen LogP contribution in [0.1, 0.15) is 21.5 Å². The molecular weight excluding hydrogens is 488 g/mol. The lowest BCUT2D eigenvalue weighted by Crippen LogP contribution is -2.52. The highest BCUT2D eigenvalue weighted by Crippen LogP contribution is 2.38. The number of nitrogens with one attached hydrogen (secondary N) is 1. The van der Waals surface area contributed by atoms with Crippen molar-refractivity contribution in [3.8, 4) is 11.5 Å². The van der Waals surface area contributed by atoms with Gasteiger partial charge in [0.1, 0.15) is 12.2 Å². The largest absolute Gasteiger partial charge is 0.493 e. The van der Waals surface area contributed by atoms with Crippen molar-refractivity contribution in [2.24, 2.45) is 0 Å². The Morgan fingerprint density at radius 3 is 2.55 bits per heavy atom. The first-order chi connectivity index (χ1) is 14.7. The molecule has 0 bridgehead atoms. The van der Waals surface area contributed by atoms with Gasteiger partial charge in [-0.2, -0.15) is 0 Å². The fraction of sp³-hybridized carbons (Fsp3) is 0.143. The number of carbonyl (C=O) groups excluding carboxylic acids is 2. The molecule has 31 heavy (non-hydrogen) atoms. The van der Waals surface area contributed by atoms with Gasteiger partial charge in [0.25, 0.3) is 11.8 Å². The van der Waals surface area contributed by atoms with Crippen molar-refractivity contribution in [2.45, 2.75) is 6.61 Å². The first-order valence-electron chi connectivity index (χ1n) is 8.89. The summed E-state index contributed by atoms with van der Waals surface area (Å²) < 4.78 is 11.8. The first kappa shape index (κ1) is 22.4. The van der Waals surface area contributed by atoms with Crippen molar-refractivity contribution >= 4 is 57.1 Å². The number of hydrogen-bond acceptors (Lipinski definition) is 6. The van der Waals surface area contributed by atoms with Crippen LogP contribution < -0.4 is 14.8 Å². The smallest absolute Gasteiger partial charge is 0.335 e. The molecule has 0 unspecified atom stereocenters. The third-order valence-electron chi connectivity index (χ3n) is 4.45. The number of methoxy groups -OCH3 is 1. The number of ether oxygens (including phenoxy) is 2. The molecule has 0 saturated carbocycles. The number of carboxylic acids is 1. The summed E-state index contributed by atoms with van der Waals surface area (Å²) in [6, 6.07) is 9.64. The molecule has 0 radical (unpaired) electrons. The number of benzene rings is 2. The van der Waals surface area contributed by atoms with Gasteiger partial charge in [-0.3, -0.25) is 19.8 Å². The second-order valence-electron chi connectivity index (χ2n) is 6.51. The van der Waals surface area contributed by atoms with Gasteiger partial charge >= 0.3 is 5.97 Å². The standard InChI is InChI=1S/C21H17BrN2O6S/c1-24-19(26)14(18(25)23-21(24)31)7-12-8-15(22)17(16(9-12)29-2)30-10-11-3-5-13(6-4-11)20(27)28/h3-9H,10H2,1-2H3,(H,27,28)(H,23,25,31)/b14-7+. The van der Waals surface area contributed by atoms with Crippen molar-refractivity contribution in [3.05, 3.63) is 63.1 Å². The molecule has 2 amide bonds. The maximum Gasteiger partial charge on any atom is 0.335 e. The number of hydrogen-bond donors (Lipinski definition) is 2. The first-order valence-corrected chi connectivity index (χ1v) is 10.1. The van der Waals surface area contributed by atoms with Crippen LogP contribution in [0, 0.1) is 0 Å². The van der Waals surface area contributed by atoms with E-state index in [0.29, 0.717) is 21.5 Å². The number of likely N-dealkylation sites (N-methyl/N-ethyl adjacent to an activating group) is 1. The maximum absolute atomic E-state index is 12.4. The highest BCUT2D eigenvalue weighted by molar-refractivity contribution is 9.10. The Morgan fingerprint density at radius 1 is 1.26 bits per heavy atom. The van der Waals surface area contributed by atoms with Gasteiger partial charge in [-0.05, 0) is 69.6 Å². The highest BCUT2D eigenvalue weighted by atomic mass is 79.9. The van der Waals surface area contributed by atoms with Crippen molar-refractivity contribution in [2.75, 3.05) is 14.2 Å². The number of carboxylic acid groups (broad SMARTS) is 1. The zero-order chi connectivity index (χ0) is 22.7. The minimum Gasteiger partial charge on any atom is -0.493 e. The van der Waals surface area contributed by atoms with Crippen LogP contribution in [0.15, 0.2) is 46.4 Å². The van der Waals surface area contributed by atoms with Gasteiger partial charge in [-0.1, -0.05) is 12.1 Å². The molecule has 2 aromatic carbocycles. The van der Waals surface area contributed by atoms with Crippen LogP contribution in [-0.2, 0) is 16.2 Å². The lowest BCUT2D eigenvalue weighted by molar-refractivity contribution is -0.128. The number of aromatic carboxylic acids is 1. The molecule has 1 fully saturated rings. The Labute approximate surface area is 191 Å². The predicted octanol–water partition coefficient (Wildman–Crippen LogP) is 2.99. The van der Waals surface area contributed by atoms with Crippen LogP contribution in [0.4, 0.5) is 0 Å². The zero-order valence-corrected chi connectivity index (χ0v) is 18.9. The average Bonchev–Trinajstić information content (AvgIpc) is 2.74. The Kier molecular flexibility index (Phi) is 6.71. The molecule has 0 aliphatic carbocycles. The summed E-state index contributed by atoms with van der Waals surface area (Å²) in [7, 11) is 2.95. The molecule has 0 aromatic heterocycles. The van der Waals surface area contributed by atoms with E-state index in [1.165, 1.54) is 37.3 Å². The van der Waals surface area contributed by atoms with E-state index in [1.807, 2.05) is 0 Å². The van der Waals surface area contributed by atoms with E-state index >= 15 is 0 Å². The van der Waals surface area contributed by atoms with E-state index < -0.39 is 17.8 Å². The fourth-order valence-corrected chi connectivity index (χ4v) is 3.52. The molecule has 3 rings (SSSR count). The van der Waals surface area contributed by atoms with Crippen molar-refractivity contribution in [1.82, 2.24) is 10.2 Å². The zero-order valence-electron chi connectivity index (χ0n) is 16.5. The van der Waals surface area contributed by atoms with E-state index in [9.17, 15) is 14.4 Å². The van der Waals surface area contributed by atoms with Crippen LogP contribution in [-0.4, -0.2) is 47.1 Å². The van der Waals surface area contributed by atoms with Gasteiger partial charge in [0, 0.05) is 7.05 Å². The van der Waals surface area contributed by atoms with Gasteiger partial charge in [-0.15, -0.1) is 0 Å². The molecule has 8 nitrogen and oxygen atoms in total. The molecule has 2 N–H and O–H groups in total. The van der Waals surface area contributed by atoms with Crippen LogP contribution >= 0.6 is 28.1 Å². The number of halogens is 1. The highest BCUT2D eigenvalue weighted by Gasteiger charge is 2.30. The summed E-state index contributed by atoms with van der Waals surface area (Å²) in [5.74, 6) is -1.28. The molecule has 0 spiro atoms. The monoisotopic (exact) mass is 504 g/mol. The quantitative estimate of drug-likeness (QED) is 0.353. The van der Waals surface area contributed by atoms with Crippen LogP contribution in [0.3, 0.4) is 0 Å². The molecular formula is C21H17BrN2O6S. The van der Waals surface area contributed by atoms with Gasteiger partial charge in [0.15, 0.2) is 16.6 Å². The summed E-state index contributed by atoms with van der Waals surface area (Å²) in [4.78, 5) is 36.7. The second kappa shape index (κ2) is 9.27. The van der Waals surface area contributed by atoms with Crippen molar-refractivity contribution in [3.63, 3.8) is 0 Å². The molecule has 160 valence electrons. The number of amides is 2. The van der Waals surface area contributed by atoms with Crippen LogP contribution in [0.2, 0.25) is 0 Å². The van der Waals surface area contributed by atoms with E-state index in [4.69, 9.17) is 26.8 Å². The predicted molar refractivity (Wildman–Crippen MR) is 120 cm³/mol. The summed E-state index contributed by atoms with van der Waals surface area (Å²) in [6.07, 6.45) is 1.44. The third kappa shape index (κ3) is 4.92. The van der Waals surface area contributed by atoms with Gasteiger partial charge in [0.05, 0.1) is 17.1 Å². The summed E-state index contributed by atoms with van der Waals surface area (Å²) >= 11 is 8.37. The molecule has 1 aliphatic rings. The molecule has 0 atom stereocenters. The summed E-state index contributed by atoms with van der Waals surface area (Å²) in [5, 5.41) is 11.5. The van der Waals surface area contributed by atoms with Crippen LogP contribution in [0.25, 0.3) is 6.08 Å². The van der Waals surface area contributed by atoms with E-state index in [0.717, 1.165) is 5.56 Å². The average molecular weight is 505 g/mol.